The van der Waals surface area contributed by atoms with Crippen LogP contribution in [0.25, 0.3) is 0 Å². The first-order valence-electron chi connectivity index (χ1n) is 9.08. The minimum absolute atomic E-state index is 0.132. The average molecular weight is 445 g/mol. The first-order chi connectivity index (χ1) is 13.7. The van der Waals surface area contributed by atoms with Crippen molar-refractivity contribution in [2.75, 3.05) is 11.9 Å². The van der Waals surface area contributed by atoms with E-state index in [-0.39, 0.29) is 12.2 Å². The van der Waals surface area contributed by atoms with E-state index in [0.29, 0.717) is 17.9 Å². The minimum atomic E-state index is -4.83. The molecule has 2 N–H and O–H groups in total. The van der Waals surface area contributed by atoms with Crippen molar-refractivity contribution in [2.24, 2.45) is 0 Å². The van der Waals surface area contributed by atoms with Gasteiger partial charge in [0.1, 0.15) is 0 Å². The van der Waals surface area contributed by atoms with Crippen LogP contribution < -0.4 is 10.6 Å². The van der Waals surface area contributed by atoms with E-state index >= 15 is 0 Å². The quantitative estimate of drug-likeness (QED) is 0.593. The van der Waals surface area contributed by atoms with Gasteiger partial charge in [0.2, 0.25) is 15.7 Å². The van der Waals surface area contributed by atoms with E-state index in [9.17, 15) is 22.0 Å². The number of carbonyl (C=O) groups is 1. The molecule has 0 fully saturated rings. The molecule has 2 aromatic carbocycles. The molecule has 0 saturated heterocycles. The standard InChI is InChI=1S/C20H23ClF2N2O3S/c1-3-20(4-2,14-9-11-15(21)12-10-14)24-13-18(26)25-16-7-5-6-8-17(16)29(27,28)19(22)23/h5-12,19,24H,3-4,13H2,1-2H3,(H,25,26). The fourth-order valence-corrected chi connectivity index (χ4v) is 4.15. The van der Waals surface area contributed by atoms with Crippen molar-refractivity contribution in [3.8, 4) is 0 Å². The molecule has 0 radical (unpaired) electrons. The van der Waals surface area contributed by atoms with Crippen LogP contribution in [-0.4, -0.2) is 26.6 Å². The van der Waals surface area contributed by atoms with Gasteiger partial charge in [0, 0.05) is 10.6 Å². The SMILES string of the molecule is CCC(CC)(NCC(=O)Nc1ccccc1S(=O)(=O)C(F)F)c1ccc(Cl)cc1. The van der Waals surface area contributed by atoms with Crippen molar-refractivity contribution in [1.29, 1.82) is 0 Å². The Labute approximate surface area is 174 Å². The summed E-state index contributed by atoms with van der Waals surface area (Å²) in [5.74, 6) is -4.11. The molecule has 29 heavy (non-hydrogen) atoms. The summed E-state index contributed by atoms with van der Waals surface area (Å²) in [6.07, 6.45) is 1.38. The van der Waals surface area contributed by atoms with Crippen molar-refractivity contribution >= 4 is 33.0 Å². The Hall–Kier alpha value is -2.03. The third-order valence-corrected chi connectivity index (χ3v) is 6.58. The second kappa shape index (κ2) is 9.65. The summed E-state index contributed by atoms with van der Waals surface area (Å²) in [6.45, 7) is 3.83. The molecule has 2 rings (SSSR count). The molecule has 0 aliphatic rings. The van der Waals surface area contributed by atoms with Gasteiger partial charge in [-0.1, -0.05) is 49.7 Å². The zero-order valence-corrected chi connectivity index (χ0v) is 17.7. The molecule has 5 nitrogen and oxygen atoms in total. The van der Waals surface area contributed by atoms with Gasteiger partial charge in [-0.3, -0.25) is 10.1 Å². The normalized spacial score (nSPS) is 12.2. The van der Waals surface area contributed by atoms with Crippen molar-refractivity contribution in [3.05, 3.63) is 59.1 Å². The molecule has 0 atom stereocenters. The molecule has 0 unspecified atom stereocenters. The van der Waals surface area contributed by atoms with Crippen molar-refractivity contribution in [1.82, 2.24) is 5.32 Å². The Balaban J connectivity index is 2.18. The summed E-state index contributed by atoms with van der Waals surface area (Å²) in [7, 11) is -4.83. The number of sulfone groups is 1. The Kier molecular flexibility index (Phi) is 7.73. The number of alkyl halides is 2. The highest BCUT2D eigenvalue weighted by Crippen LogP contribution is 2.30. The largest absolute Gasteiger partial charge is 0.341 e. The highest BCUT2D eigenvalue weighted by molar-refractivity contribution is 7.91. The van der Waals surface area contributed by atoms with Gasteiger partial charge in [-0.2, -0.15) is 8.78 Å². The van der Waals surface area contributed by atoms with E-state index in [1.54, 1.807) is 12.1 Å². The van der Waals surface area contributed by atoms with Crippen LogP contribution in [0.15, 0.2) is 53.4 Å². The summed E-state index contributed by atoms with van der Waals surface area (Å²) in [4.78, 5) is 11.8. The predicted molar refractivity (Wildman–Crippen MR) is 110 cm³/mol. The van der Waals surface area contributed by atoms with Gasteiger partial charge in [0.15, 0.2) is 0 Å². The van der Waals surface area contributed by atoms with Crippen LogP contribution in [0.3, 0.4) is 0 Å². The zero-order valence-electron chi connectivity index (χ0n) is 16.1. The van der Waals surface area contributed by atoms with E-state index in [1.165, 1.54) is 18.2 Å². The highest BCUT2D eigenvalue weighted by Gasteiger charge is 2.31. The molecule has 0 spiro atoms. The van der Waals surface area contributed by atoms with Gasteiger partial charge >= 0.3 is 5.76 Å². The summed E-state index contributed by atoms with van der Waals surface area (Å²) in [5, 5.41) is 6.24. The average Bonchev–Trinajstić information content (AvgIpc) is 2.70. The molecule has 0 aromatic heterocycles. The molecular formula is C20H23ClF2N2O3S. The van der Waals surface area contributed by atoms with Crippen molar-refractivity contribution < 1.29 is 22.0 Å². The number of halogens is 3. The first kappa shape index (κ1) is 23.3. The molecule has 0 aliphatic heterocycles. The van der Waals surface area contributed by atoms with Crippen LogP contribution in [0.4, 0.5) is 14.5 Å². The maximum atomic E-state index is 12.9. The van der Waals surface area contributed by atoms with Crippen molar-refractivity contribution in [3.63, 3.8) is 0 Å². The molecule has 1 amide bonds. The smallest absolute Gasteiger partial charge is 0.324 e. The Morgan fingerprint density at radius 3 is 2.21 bits per heavy atom. The molecule has 158 valence electrons. The lowest BCUT2D eigenvalue weighted by Crippen LogP contribution is -2.45. The molecule has 9 heteroatoms. The molecule has 0 saturated carbocycles. The number of amides is 1. The number of anilines is 1. The molecule has 2 aromatic rings. The van der Waals surface area contributed by atoms with E-state index in [1.807, 2.05) is 26.0 Å². The number of rotatable bonds is 9. The van der Waals surface area contributed by atoms with Gasteiger partial charge < -0.3 is 5.32 Å². The van der Waals surface area contributed by atoms with Gasteiger partial charge in [-0.15, -0.1) is 0 Å². The lowest BCUT2D eigenvalue weighted by molar-refractivity contribution is -0.115. The number of hydrogen-bond acceptors (Lipinski definition) is 4. The van der Waals surface area contributed by atoms with Gasteiger partial charge in [0.05, 0.1) is 17.1 Å². The van der Waals surface area contributed by atoms with Crippen LogP contribution in [0.1, 0.15) is 32.3 Å². The zero-order chi connectivity index (χ0) is 21.7. The topological polar surface area (TPSA) is 75.3 Å². The maximum absolute atomic E-state index is 12.9. The fourth-order valence-electron chi connectivity index (χ4n) is 3.14. The molecule has 0 heterocycles. The lowest BCUT2D eigenvalue weighted by atomic mass is 9.84. The van der Waals surface area contributed by atoms with Crippen LogP contribution in [-0.2, 0) is 20.2 Å². The Bertz CT molecular complexity index is 946. The monoisotopic (exact) mass is 444 g/mol. The molecular weight excluding hydrogens is 422 g/mol. The summed E-state index contributed by atoms with van der Waals surface area (Å²) >= 11 is 5.95. The highest BCUT2D eigenvalue weighted by atomic mass is 35.5. The molecule has 0 bridgehead atoms. The minimum Gasteiger partial charge on any atom is -0.324 e. The van der Waals surface area contributed by atoms with Gasteiger partial charge in [-0.05, 0) is 42.7 Å². The first-order valence-corrected chi connectivity index (χ1v) is 11.0. The fraction of sp³-hybridized carbons (Fsp3) is 0.350. The second-order valence-corrected chi connectivity index (χ2v) is 8.82. The predicted octanol–water partition coefficient (Wildman–Crippen LogP) is 4.58. The third kappa shape index (κ3) is 5.32. The van der Waals surface area contributed by atoms with Crippen LogP contribution >= 0.6 is 11.6 Å². The third-order valence-electron chi connectivity index (χ3n) is 4.89. The summed E-state index contributed by atoms with van der Waals surface area (Å²) in [6, 6.07) is 12.4. The van der Waals surface area contributed by atoms with Crippen LogP contribution in [0.5, 0.6) is 0 Å². The number of hydrogen-bond donors (Lipinski definition) is 2. The summed E-state index contributed by atoms with van der Waals surface area (Å²) in [5.41, 5.74) is 0.293. The van der Waals surface area contributed by atoms with Crippen LogP contribution in [0.2, 0.25) is 5.02 Å². The number of benzene rings is 2. The van der Waals surface area contributed by atoms with Gasteiger partial charge in [-0.25, -0.2) is 8.42 Å². The number of nitrogens with one attached hydrogen (secondary N) is 2. The molecule has 0 aliphatic carbocycles. The van der Waals surface area contributed by atoms with Crippen LogP contribution in [0, 0.1) is 0 Å². The maximum Gasteiger partial charge on any atom is 0.341 e. The van der Waals surface area contributed by atoms with E-state index in [0.717, 1.165) is 11.6 Å². The number of carbonyl (C=O) groups excluding carboxylic acids is 1. The van der Waals surface area contributed by atoms with E-state index in [4.69, 9.17) is 11.6 Å². The number of para-hydroxylation sites is 1. The Morgan fingerprint density at radius 1 is 1.07 bits per heavy atom. The van der Waals surface area contributed by atoms with E-state index in [2.05, 4.69) is 10.6 Å². The van der Waals surface area contributed by atoms with Crippen molar-refractivity contribution in [2.45, 2.75) is 42.9 Å². The second-order valence-electron chi connectivity index (χ2n) is 6.50. The lowest BCUT2D eigenvalue weighted by Gasteiger charge is -2.33. The van der Waals surface area contributed by atoms with E-state index < -0.39 is 31.9 Å². The van der Waals surface area contributed by atoms with Gasteiger partial charge in [0.25, 0.3) is 0 Å². The summed E-state index contributed by atoms with van der Waals surface area (Å²) < 4.78 is 49.5. The Morgan fingerprint density at radius 2 is 1.66 bits per heavy atom.